The van der Waals surface area contributed by atoms with E-state index >= 15 is 0 Å². The van der Waals surface area contributed by atoms with Gasteiger partial charge in [0, 0.05) is 50.9 Å². The van der Waals surface area contributed by atoms with Crippen molar-refractivity contribution < 1.29 is 19.4 Å². The molecule has 1 aliphatic heterocycles. The van der Waals surface area contributed by atoms with Crippen LogP contribution in [0.2, 0.25) is 10.0 Å². The lowest BCUT2D eigenvalue weighted by Gasteiger charge is -2.38. The molecule has 7 nitrogen and oxygen atoms in total. The van der Waals surface area contributed by atoms with Crippen molar-refractivity contribution in [2.75, 3.05) is 52.3 Å². The van der Waals surface area contributed by atoms with Crippen LogP contribution in [0.25, 0.3) is 0 Å². The second-order valence-corrected chi connectivity index (χ2v) is 8.96. The van der Waals surface area contributed by atoms with E-state index < -0.39 is 5.60 Å². The van der Waals surface area contributed by atoms with Crippen molar-refractivity contribution in [2.45, 2.75) is 31.9 Å². The van der Waals surface area contributed by atoms with Crippen LogP contribution in [0.4, 0.5) is 5.69 Å². The molecule has 0 atom stereocenters. The van der Waals surface area contributed by atoms with Gasteiger partial charge in [0.05, 0.1) is 23.4 Å². The molecule has 1 heterocycles. The molecule has 2 aromatic carbocycles. The first-order chi connectivity index (χ1) is 16.3. The Labute approximate surface area is 212 Å². The van der Waals surface area contributed by atoms with Gasteiger partial charge in [-0.1, -0.05) is 35.3 Å². The zero-order valence-electron chi connectivity index (χ0n) is 20.1. The minimum atomic E-state index is -0.684. The van der Waals surface area contributed by atoms with Crippen LogP contribution in [0, 0.1) is 0 Å². The van der Waals surface area contributed by atoms with E-state index in [-0.39, 0.29) is 0 Å². The number of hydrogen-bond donors (Lipinski definition) is 3. The average Bonchev–Trinajstić information content (AvgIpc) is 2.83. The molecule has 0 saturated carbocycles. The highest BCUT2D eigenvalue weighted by Crippen LogP contribution is 2.35. The minimum absolute atomic E-state index is 0.470. The maximum absolute atomic E-state index is 10.9. The van der Waals surface area contributed by atoms with Crippen molar-refractivity contribution in [1.29, 1.82) is 0 Å². The van der Waals surface area contributed by atoms with E-state index in [1.54, 1.807) is 19.2 Å². The summed E-state index contributed by atoms with van der Waals surface area (Å²) < 4.78 is 11.1. The number of hydrogen-bond acceptors (Lipinski definition) is 7. The third-order valence-electron chi connectivity index (χ3n) is 5.62. The fourth-order valence-electron chi connectivity index (χ4n) is 3.71. The largest absolute Gasteiger partial charge is 0.495 e. The Bertz CT molecular complexity index is 888. The van der Waals surface area contributed by atoms with Crippen LogP contribution < -0.4 is 20.1 Å². The molecule has 0 aliphatic carbocycles. The molecule has 0 bridgehead atoms. The van der Waals surface area contributed by atoms with Gasteiger partial charge in [0.2, 0.25) is 0 Å². The number of carbonyl (C=O) groups excluding carboxylic acids is 1. The van der Waals surface area contributed by atoms with Crippen LogP contribution in [0.1, 0.15) is 25.3 Å². The zero-order valence-corrected chi connectivity index (χ0v) is 21.6. The van der Waals surface area contributed by atoms with Crippen molar-refractivity contribution in [1.82, 2.24) is 10.2 Å². The molecule has 1 aliphatic rings. The predicted octanol–water partition coefficient (Wildman–Crippen LogP) is 4.24. The Balaban J connectivity index is 0.00000129. The van der Waals surface area contributed by atoms with Crippen LogP contribution in [0.5, 0.6) is 11.5 Å². The Hall–Kier alpha value is -2.03. The number of aldehydes is 1. The van der Waals surface area contributed by atoms with Crippen molar-refractivity contribution in [3.63, 3.8) is 0 Å². The van der Waals surface area contributed by atoms with Crippen LogP contribution >= 0.6 is 23.2 Å². The minimum Gasteiger partial charge on any atom is -0.495 e. The molecule has 0 spiro atoms. The smallest absolute Gasteiger partial charge is 0.146 e. The number of rotatable bonds is 10. The van der Waals surface area contributed by atoms with E-state index in [2.05, 4.69) is 27.7 Å². The molecular weight excluding hydrogens is 477 g/mol. The number of nitrogens with zero attached hydrogens (tertiary/aromatic N) is 1. The number of anilines is 1. The molecule has 0 unspecified atom stereocenters. The van der Waals surface area contributed by atoms with Crippen molar-refractivity contribution in [3.05, 3.63) is 52.0 Å². The molecular formula is C25H35Cl2N3O4. The molecule has 3 rings (SSSR count). The summed E-state index contributed by atoms with van der Waals surface area (Å²) in [4.78, 5) is 11.2. The molecule has 0 amide bonds. The summed E-state index contributed by atoms with van der Waals surface area (Å²) in [5.74, 6) is 1.25. The van der Waals surface area contributed by atoms with Gasteiger partial charge in [-0.25, -0.2) is 0 Å². The number of methoxy groups -OCH3 is 1. The van der Waals surface area contributed by atoms with Gasteiger partial charge in [-0.3, -0.25) is 4.90 Å². The monoisotopic (exact) mass is 511 g/mol. The lowest BCUT2D eigenvalue weighted by atomic mass is 9.91. The number of nitrogens with one attached hydrogen (secondary N) is 2. The molecule has 3 N–H and O–H groups in total. The van der Waals surface area contributed by atoms with E-state index in [0.717, 1.165) is 49.5 Å². The number of likely N-dealkylation sites (tertiary alicyclic amines) is 1. The van der Waals surface area contributed by atoms with Crippen LogP contribution in [-0.4, -0.2) is 68.8 Å². The molecule has 188 valence electrons. The third kappa shape index (κ3) is 8.96. The van der Waals surface area contributed by atoms with E-state index in [0.29, 0.717) is 36.2 Å². The predicted molar refractivity (Wildman–Crippen MR) is 139 cm³/mol. The van der Waals surface area contributed by atoms with Crippen LogP contribution in [0.3, 0.4) is 0 Å². The lowest BCUT2D eigenvalue weighted by Crippen LogP contribution is -2.50. The van der Waals surface area contributed by atoms with Crippen molar-refractivity contribution >= 4 is 35.2 Å². The normalized spacial score (nSPS) is 15.1. The Morgan fingerprint density at radius 1 is 1.15 bits per heavy atom. The second-order valence-electron chi connectivity index (χ2n) is 8.12. The Morgan fingerprint density at radius 3 is 2.38 bits per heavy atom. The van der Waals surface area contributed by atoms with Gasteiger partial charge in [-0.05, 0) is 43.5 Å². The summed E-state index contributed by atoms with van der Waals surface area (Å²) in [6.07, 6.45) is 2.24. The highest BCUT2D eigenvalue weighted by atomic mass is 35.5. The SMILES string of the molecule is CC=O.CNc1cc(Cl)c(OC)cc1OCCNCC1(O)CCN(Cc2ccc(Cl)cc2)CC1. The van der Waals surface area contributed by atoms with Gasteiger partial charge in [0.15, 0.2) is 0 Å². The molecule has 1 saturated heterocycles. The van der Waals surface area contributed by atoms with Gasteiger partial charge in [0.1, 0.15) is 24.4 Å². The number of piperidine rings is 1. The number of halogens is 2. The summed E-state index contributed by atoms with van der Waals surface area (Å²) >= 11 is 12.1. The first-order valence-corrected chi connectivity index (χ1v) is 12.1. The summed E-state index contributed by atoms with van der Waals surface area (Å²) in [7, 11) is 3.39. The van der Waals surface area contributed by atoms with Gasteiger partial charge in [-0.15, -0.1) is 0 Å². The molecule has 1 fully saturated rings. The van der Waals surface area contributed by atoms with E-state index in [9.17, 15) is 5.11 Å². The van der Waals surface area contributed by atoms with E-state index in [1.807, 2.05) is 19.2 Å². The average molecular weight is 512 g/mol. The summed E-state index contributed by atoms with van der Waals surface area (Å²) in [6, 6.07) is 11.5. The highest BCUT2D eigenvalue weighted by Gasteiger charge is 2.31. The fraction of sp³-hybridized carbons (Fsp3) is 0.480. The summed E-state index contributed by atoms with van der Waals surface area (Å²) in [6.45, 7) is 5.71. The van der Waals surface area contributed by atoms with E-state index in [4.69, 9.17) is 37.5 Å². The first-order valence-electron chi connectivity index (χ1n) is 11.3. The lowest BCUT2D eigenvalue weighted by molar-refractivity contribution is -0.106. The Morgan fingerprint density at radius 2 is 1.79 bits per heavy atom. The first kappa shape index (κ1) is 28.2. The number of ether oxygens (including phenoxy) is 2. The molecule has 0 aromatic heterocycles. The van der Waals surface area contributed by atoms with Gasteiger partial charge >= 0.3 is 0 Å². The topological polar surface area (TPSA) is 83.1 Å². The molecule has 2 aromatic rings. The zero-order chi connectivity index (χ0) is 25.0. The van der Waals surface area contributed by atoms with Gasteiger partial charge < -0.3 is 30.0 Å². The van der Waals surface area contributed by atoms with Crippen molar-refractivity contribution in [2.24, 2.45) is 0 Å². The summed E-state index contributed by atoms with van der Waals surface area (Å²) in [5.41, 5.74) is 1.36. The van der Waals surface area contributed by atoms with Crippen LogP contribution in [0.15, 0.2) is 36.4 Å². The van der Waals surface area contributed by atoms with Gasteiger partial charge in [-0.2, -0.15) is 0 Å². The number of aliphatic hydroxyl groups is 1. The maximum Gasteiger partial charge on any atom is 0.146 e. The maximum atomic E-state index is 10.9. The molecule has 9 heteroatoms. The summed E-state index contributed by atoms with van der Waals surface area (Å²) in [5, 5.41) is 18.6. The molecule has 34 heavy (non-hydrogen) atoms. The van der Waals surface area contributed by atoms with Crippen LogP contribution in [-0.2, 0) is 11.3 Å². The van der Waals surface area contributed by atoms with Gasteiger partial charge in [0.25, 0.3) is 0 Å². The molecule has 0 radical (unpaired) electrons. The number of carbonyl (C=O) groups is 1. The quantitative estimate of drug-likeness (QED) is 0.325. The Kier molecular flexibility index (Phi) is 11.9. The second kappa shape index (κ2) is 14.4. The third-order valence-corrected chi connectivity index (χ3v) is 6.17. The fourth-order valence-corrected chi connectivity index (χ4v) is 4.08. The van der Waals surface area contributed by atoms with Crippen molar-refractivity contribution in [3.8, 4) is 11.5 Å². The van der Waals surface area contributed by atoms with E-state index in [1.165, 1.54) is 12.5 Å². The number of benzene rings is 2. The highest BCUT2D eigenvalue weighted by molar-refractivity contribution is 6.32. The standard InChI is InChI=1S/C23H31Cl2N3O3.C2H4O/c1-26-20-13-19(25)21(30-2)14-22(20)31-12-9-27-16-23(29)7-10-28(11-8-23)15-17-3-5-18(24)6-4-17;1-2-3/h3-6,13-14,26-27,29H,7-12,15-16H2,1-2H3;2H,1H3.